The lowest BCUT2D eigenvalue weighted by molar-refractivity contribution is 0.0523. The Morgan fingerprint density at radius 3 is 2.82 bits per heavy atom. The number of nitrogens with two attached hydrogens (primary N) is 1. The van der Waals surface area contributed by atoms with Crippen LogP contribution in [-0.2, 0) is 4.74 Å². The van der Waals surface area contributed by atoms with Crippen LogP contribution in [0.2, 0.25) is 0 Å². The second-order valence-electron chi connectivity index (χ2n) is 3.84. The second-order valence-corrected chi connectivity index (χ2v) is 3.84. The van der Waals surface area contributed by atoms with Gasteiger partial charge < -0.3 is 15.2 Å². The minimum absolute atomic E-state index is 0.0205. The Balaban J connectivity index is 2.42. The van der Waals surface area contributed by atoms with Crippen LogP contribution < -0.4 is 10.5 Å². The van der Waals surface area contributed by atoms with Crippen molar-refractivity contribution in [1.29, 1.82) is 0 Å². The molecule has 0 bridgehead atoms. The molecule has 17 heavy (non-hydrogen) atoms. The third kappa shape index (κ3) is 4.32. The maximum absolute atomic E-state index is 13.6. The smallest absolute Gasteiger partial charge is 0.167 e. The molecule has 0 aliphatic carbocycles. The molecule has 4 heteroatoms. The summed E-state index contributed by atoms with van der Waals surface area (Å²) in [5.74, 6) is -0.00882. The van der Waals surface area contributed by atoms with Crippen LogP contribution in [0.15, 0.2) is 18.2 Å². The molecular weight excluding hydrogens is 221 g/mol. The van der Waals surface area contributed by atoms with Crippen molar-refractivity contribution in [3.8, 4) is 5.75 Å². The van der Waals surface area contributed by atoms with Crippen molar-refractivity contribution >= 4 is 0 Å². The van der Waals surface area contributed by atoms with E-state index in [0.29, 0.717) is 31.7 Å². The van der Waals surface area contributed by atoms with Crippen LogP contribution in [0.3, 0.4) is 0 Å². The van der Waals surface area contributed by atoms with Crippen LogP contribution in [0, 0.1) is 12.7 Å². The molecule has 1 aromatic carbocycles. The number of rotatable bonds is 7. The van der Waals surface area contributed by atoms with E-state index < -0.39 is 0 Å². The summed E-state index contributed by atoms with van der Waals surface area (Å²) in [6.07, 6.45) is 0.644. The van der Waals surface area contributed by atoms with Crippen molar-refractivity contribution in [2.75, 3.05) is 19.8 Å². The van der Waals surface area contributed by atoms with Gasteiger partial charge in [-0.2, -0.15) is 0 Å². The number of hydrogen-bond donors (Lipinski definition) is 1. The van der Waals surface area contributed by atoms with E-state index in [9.17, 15) is 4.39 Å². The van der Waals surface area contributed by atoms with E-state index in [2.05, 4.69) is 0 Å². The third-order valence-corrected chi connectivity index (χ3v) is 2.52. The molecular formula is C13H20FNO2. The SMILES string of the molecule is CCOC(CN)CCOc1cccc(C)c1F. The monoisotopic (exact) mass is 241 g/mol. The lowest BCUT2D eigenvalue weighted by atomic mass is 10.2. The molecule has 1 aromatic rings. The fourth-order valence-corrected chi connectivity index (χ4v) is 1.54. The summed E-state index contributed by atoms with van der Waals surface area (Å²) in [4.78, 5) is 0. The van der Waals surface area contributed by atoms with Gasteiger partial charge in [0.2, 0.25) is 0 Å². The normalized spacial score (nSPS) is 12.5. The highest BCUT2D eigenvalue weighted by molar-refractivity contribution is 5.29. The van der Waals surface area contributed by atoms with Gasteiger partial charge in [0, 0.05) is 19.6 Å². The molecule has 0 spiro atoms. The van der Waals surface area contributed by atoms with E-state index >= 15 is 0 Å². The van der Waals surface area contributed by atoms with Crippen LogP contribution in [-0.4, -0.2) is 25.9 Å². The average molecular weight is 241 g/mol. The Kier molecular flexibility index (Phi) is 5.94. The largest absolute Gasteiger partial charge is 0.490 e. The fourth-order valence-electron chi connectivity index (χ4n) is 1.54. The van der Waals surface area contributed by atoms with Crippen molar-refractivity contribution < 1.29 is 13.9 Å². The first-order valence-electron chi connectivity index (χ1n) is 5.88. The topological polar surface area (TPSA) is 44.5 Å². The molecule has 3 nitrogen and oxygen atoms in total. The quantitative estimate of drug-likeness (QED) is 0.796. The first-order chi connectivity index (χ1) is 8.19. The van der Waals surface area contributed by atoms with Crippen molar-refractivity contribution in [3.63, 3.8) is 0 Å². The molecule has 0 heterocycles. The van der Waals surface area contributed by atoms with E-state index in [1.54, 1.807) is 25.1 Å². The lowest BCUT2D eigenvalue weighted by Gasteiger charge is -2.15. The number of halogens is 1. The first-order valence-corrected chi connectivity index (χ1v) is 5.88. The summed E-state index contributed by atoms with van der Waals surface area (Å²) < 4.78 is 24.3. The molecule has 0 saturated heterocycles. The van der Waals surface area contributed by atoms with E-state index in [4.69, 9.17) is 15.2 Å². The highest BCUT2D eigenvalue weighted by Gasteiger charge is 2.09. The van der Waals surface area contributed by atoms with Crippen molar-refractivity contribution in [2.24, 2.45) is 5.73 Å². The summed E-state index contributed by atoms with van der Waals surface area (Å²) in [5.41, 5.74) is 6.12. The lowest BCUT2D eigenvalue weighted by Crippen LogP contribution is -2.25. The van der Waals surface area contributed by atoms with Gasteiger partial charge in [0.15, 0.2) is 11.6 Å². The molecule has 0 radical (unpaired) electrons. The van der Waals surface area contributed by atoms with Crippen LogP contribution in [0.25, 0.3) is 0 Å². The highest BCUT2D eigenvalue weighted by Crippen LogP contribution is 2.19. The average Bonchev–Trinajstić information content (AvgIpc) is 2.33. The predicted octanol–water partition coefficient (Wildman–Crippen LogP) is 2.27. The minimum atomic E-state index is -0.298. The van der Waals surface area contributed by atoms with Crippen LogP contribution in [0.5, 0.6) is 5.75 Å². The number of aryl methyl sites for hydroxylation is 1. The number of benzene rings is 1. The number of ether oxygens (including phenoxy) is 2. The first kappa shape index (κ1) is 13.9. The standard InChI is InChI=1S/C13H20FNO2/c1-3-16-11(9-15)7-8-17-12-6-4-5-10(2)13(12)14/h4-6,11H,3,7-9,15H2,1-2H3. The van der Waals surface area contributed by atoms with Crippen LogP contribution >= 0.6 is 0 Å². The van der Waals surface area contributed by atoms with Gasteiger partial charge in [0.25, 0.3) is 0 Å². The molecule has 2 N–H and O–H groups in total. The summed E-state index contributed by atoms with van der Waals surface area (Å²) in [5, 5.41) is 0. The molecule has 96 valence electrons. The Bertz CT molecular complexity index is 344. The van der Waals surface area contributed by atoms with Gasteiger partial charge in [-0.15, -0.1) is 0 Å². The highest BCUT2D eigenvalue weighted by atomic mass is 19.1. The Hall–Kier alpha value is -1.13. The fraction of sp³-hybridized carbons (Fsp3) is 0.538. The third-order valence-electron chi connectivity index (χ3n) is 2.52. The summed E-state index contributed by atoms with van der Waals surface area (Å²) >= 11 is 0. The maximum atomic E-state index is 13.6. The number of hydrogen-bond acceptors (Lipinski definition) is 3. The Morgan fingerprint density at radius 1 is 1.41 bits per heavy atom. The predicted molar refractivity (Wildman–Crippen MR) is 65.7 cm³/mol. The van der Waals surface area contributed by atoms with E-state index in [0.717, 1.165) is 0 Å². The molecule has 1 rings (SSSR count). The van der Waals surface area contributed by atoms with E-state index in [1.165, 1.54) is 0 Å². The molecule has 1 atom stereocenters. The van der Waals surface area contributed by atoms with Gasteiger partial charge in [-0.1, -0.05) is 12.1 Å². The minimum Gasteiger partial charge on any atom is -0.490 e. The zero-order valence-electron chi connectivity index (χ0n) is 10.4. The van der Waals surface area contributed by atoms with Gasteiger partial charge in [0.1, 0.15) is 0 Å². The molecule has 1 unspecified atom stereocenters. The molecule has 0 aromatic heterocycles. The van der Waals surface area contributed by atoms with Crippen LogP contribution in [0.4, 0.5) is 4.39 Å². The van der Waals surface area contributed by atoms with Crippen molar-refractivity contribution in [3.05, 3.63) is 29.6 Å². The molecule has 0 fully saturated rings. The molecule has 0 aliphatic rings. The summed E-state index contributed by atoms with van der Waals surface area (Å²) in [7, 11) is 0. The molecule has 0 aliphatic heterocycles. The van der Waals surface area contributed by atoms with Crippen molar-refractivity contribution in [1.82, 2.24) is 0 Å². The van der Waals surface area contributed by atoms with Gasteiger partial charge in [-0.05, 0) is 25.5 Å². The summed E-state index contributed by atoms with van der Waals surface area (Å²) in [6, 6.07) is 5.11. The van der Waals surface area contributed by atoms with Crippen molar-refractivity contribution in [2.45, 2.75) is 26.4 Å². The molecule has 0 saturated carbocycles. The molecule has 0 amide bonds. The Labute approximate surface area is 102 Å². The van der Waals surface area contributed by atoms with E-state index in [-0.39, 0.29) is 17.7 Å². The zero-order valence-corrected chi connectivity index (χ0v) is 10.4. The summed E-state index contributed by atoms with van der Waals surface area (Å²) in [6.45, 7) is 5.12. The van der Waals surface area contributed by atoms with Gasteiger partial charge in [-0.3, -0.25) is 0 Å². The second kappa shape index (κ2) is 7.25. The van der Waals surface area contributed by atoms with E-state index in [1.807, 2.05) is 6.92 Å². The Morgan fingerprint density at radius 2 is 2.18 bits per heavy atom. The zero-order chi connectivity index (χ0) is 12.7. The van der Waals surface area contributed by atoms with Gasteiger partial charge in [0.05, 0.1) is 12.7 Å². The van der Waals surface area contributed by atoms with Crippen LogP contribution in [0.1, 0.15) is 18.9 Å². The van der Waals surface area contributed by atoms with Gasteiger partial charge in [-0.25, -0.2) is 4.39 Å². The maximum Gasteiger partial charge on any atom is 0.167 e. The van der Waals surface area contributed by atoms with Gasteiger partial charge >= 0.3 is 0 Å².